The number of para-hydroxylation sites is 1. The fourth-order valence-electron chi connectivity index (χ4n) is 2.37. The highest BCUT2D eigenvalue weighted by Gasteiger charge is 2.14. The third-order valence-electron chi connectivity index (χ3n) is 3.70. The van der Waals surface area contributed by atoms with E-state index in [1.54, 1.807) is 30.7 Å². The molecule has 0 aliphatic rings. The Kier molecular flexibility index (Phi) is 5.97. The largest absolute Gasteiger partial charge is 0.497 e. The summed E-state index contributed by atoms with van der Waals surface area (Å²) in [5.41, 5.74) is 1.59. The molecule has 0 saturated carbocycles. The second kappa shape index (κ2) is 8.59. The number of aromatic nitrogens is 1. The number of hydrogen-bond acceptors (Lipinski definition) is 5. The summed E-state index contributed by atoms with van der Waals surface area (Å²) in [5, 5.41) is 5.02. The molecule has 1 N–H and O–H groups in total. The minimum Gasteiger partial charge on any atom is -0.497 e. The van der Waals surface area contributed by atoms with Gasteiger partial charge >= 0.3 is 6.61 Å². The molecule has 0 spiro atoms. The zero-order valence-electron chi connectivity index (χ0n) is 14.3. The molecule has 2 aromatic carbocycles. The minimum atomic E-state index is -2.92. The van der Waals surface area contributed by atoms with Gasteiger partial charge in [-0.2, -0.15) is 8.78 Å². The van der Waals surface area contributed by atoms with E-state index in [0.717, 1.165) is 11.3 Å². The average Bonchev–Trinajstić information content (AvgIpc) is 3.17. The lowest BCUT2D eigenvalue weighted by Crippen LogP contribution is -2.23. The molecule has 3 rings (SSSR count). The summed E-state index contributed by atoms with van der Waals surface area (Å²) < 4.78 is 34.5. The monoisotopic (exact) mass is 390 g/mol. The van der Waals surface area contributed by atoms with Gasteiger partial charge in [0, 0.05) is 23.1 Å². The van der Waals surface area contributed by atoms with Crippen molar-refractivity contribution in [2.45, 2.75) is 13.2 Å². The number of benzene rings is 2. The summed E-state index contributed by atoms with van der Waals surface area (Å²) in [6.07, 6.45) is 0. The Balaban J connectivity index is 1.66. The van der Waals surface area contributed by atoms with Crippen molar-refractivity contribution in [3.8, 4) is 22.1 Å². The number of hydrogen-bond donors (Lipinski definition) is 1. The summed E-state index contributed by atoms with van der Waals surface area (Å²) in [5.74, 6) is 0.376. The maximum absolute atomic E-state index is 12.4. The van der Waals surface area contributed by atoms with E-state index in [1.807, 2.05) is 24.3 Å². The summed E-state index contributed by atoms with van der Waals surface area (Å²) in [4.78, 5) is 16.7. The molecule has 27 heavy (non-hydrogen) atoms. The van der Waals surface area contributed by atoms with E-state index >= 15 is 0 Å². The Hall–Kier alpha value is -3.00. The molecule has 1 amide bonds. The third-order valence-corrected chi connectivity index (χ3v) is 4.59. The van der Waals surface area contributed by atoms with Crippen LogP contribution in [0.15, 0.2) is 53.9 Å². The summed E-state index contributed by atoms with van der Waals surface area (Å²) in [7, 11) is 1.59. The quantitative estimate of drug-likeness (QED) is 0.652. The lowest BCUT2D eigenvalue weighted by atomic mass is 10.2. The van der Waals surface area contributed by atoms with E-state index in [0.29, 0.717) is 10.6 Å². The number of carbonyl (C=O) groups is 1. The number of carbonyl (C=O) groups excluding carboxylic acids is 1. The van der Waals surface area contributed by atoms with E-state index in [4.69, 9.17) is 4.74 Å². The van der Waals surface area contributed by atoms with Crippen molar-refractivity contribution in [3.63, 3.8) is 0 Å². The van der Waals surface area contributed by atoms with E-state index in [-0.39, 0.29) is 18.0 Å². The zero-order chi connectivity index (χ0) is 19.2. The van der Waals surface area contributed by atoms with Crippen molar-refractivity contribution >= 4 is 17.2 Å². The maximum Gasteiger partial charge on any atom is 0.387 e. The van der Waals surface area contributed by atoms with Crippen molar-refractivity contribution < 1.29 is 23.0 Å². The van der Waals surface area contributed by atoms with Crippen molar-refractivity contribution in [1.29, 1.82) is 0 Å². The third kappa shape index (κ3) is 4.79. The standard InChI is InChI=1S/C19H16F2N2O3S/c1-25-14-8-6-12(7-9-14)18-23-15(11-27-18)17(24)22-10-13-4-2-3-5-16(13)26-19(20)21/h2-9,11,19H,10H2,1H3,(H,22,24). The molecule has 5 nitrogen and oxygen atoms in total. The van der Waals surface area contributed by atoms with Gasteiger partial charge in [-0.05, 0) is 30.3 Å². The SMILES string of the molecule is COc1ccc(-c2nc(C(=O)NCc3ccccc3OC(F)F)cs2)cc1. The van der Waals surface area contributed by atoms with Crippen molar-refractivity contribution in [2.75, 3.05) is 7.11 Å². The molecule has 0 saturated heterocycles. The predicted molar refractivity (Wildman–Crippen MR) is 98.3 cm³/mol. The fraction of sp³-hybridized carbons (Fsp3) is 0.158. The Morgan fingerprint density at radius 1 is 1.19 bits per heavy atom. The van der Waals surface area contributed by atoms with Crippen LogP contribution >= 0.6 is 11.3 Å². The molecule has 0 fully saturated rings. The number of amides is 1. The first kappa shape index (κ1) is 18.8. The van der Waals surface area contributed by atoms with Crippen LogP contribution in [0.4, 0.5) is 8.78 Å². The Morgan fingerprint density at radius 2 is 1.93 bits per heavy atom. The van der Waals surface area contributed by atoms with Crippen LogP contribution in [0.3, 0.4) is 0 Å². The molecule has 0 bridgehead atoms. The lowest BCUT2D eigenvalue weighted by molar-refractivity contribution is -0.0504. The van der Waals surface area contributed by atoms with Crippen molar-refractivity contribution in [2.24, 2.45) is 0 Å². The number of halogens is 2. The van der Waals surface area contributed by atoms with Gasteiger partial charge in [0.05, 0.1) is 7.11 Å². The van der Waals surface area contributed by atoms with Crippen molar-refractivity contribution in [1.82, 2.24) is 10.3 Å². The van der Waals surface area contributed by atoms with Gasteiger partial charge in [-0.15, -0.1) is 11.3 Å². The van der Waals surface area contributed by atoms with Gasteiger partial charge < -0.3 is 14.8 Å². The number of nitrogens with one attached hydrogen (secondary N) is 1. The number of rotatable bonds is 7. The van der Waals surface area contributed by atoms with Crippen molar-refractivity contribution in [3.05, 3.63) is 65.2 Å². The molecule has 0 aliphatic heterocycles. The average molecular weight is 390 g/mol. The van der Waals surface area contributed by atoms with E-state index < -0.39 is 12.5 Å². The van der Waals surface area contributed by atoms with Gasteiger partial charge in [-0.25, -0.2) is 4.98 Å². The highest BCUT2D eigenvalue weighted by molar-refractivity contribution is 7.13. The zero-order valence-corrected chi connectivity index (χ0v) is 15.1. The second-order valence-corrected chi connectivity index (χ2v) is 6.29. The maximum atomic E-state index is 12.4. The Morgan fingerprint density at radius 3 is 2.63 bits per heavy atom. The minimum absolute atomic E-state index is 0.0324. The summed E-state index contributed by atoms with van der Waals surface area (Å²) >= 11 is 1.34. The molecule has 1 aromatic heterocycles. The van der Waals surface area contributed by atoms with Gasteiger partial charge in [-0.3, -0.25) is 4.79 Å². The predicted octanol–water partition coefficient (Wildman–Crippen LogP) is 4.35. The van der Waals surface area contributed by atoms with Crippen LogP contribution in [-0.4, -0.2) is 24.6 Å². The molecule has 0 radical (unpaired) electrons. The fourth-order valence-corrected chi connectivity index (χ4v) is 3.18. The lowest BCUT2D eigenvalue weighted by Gasteiger charge is -2.10. The van der Waals surface area contributed by atoms with E-state index in [2.05, 4.69) is 15.0 Å². The summed E-state index contributed by atoms with van der Waals surface area (Å²) in [6, 6.07) is 13.7. The smallest absolute Gasteiger partial charge is 0.387 e. The van der Waals surface area contributed by atoms with Crippen LogP contribution < -0.4 is 14.8 Å². The molecule has 1 heterocycles. The topological polar surface area (TPSA) is 60.5 Å². The molecule has 0 unspecified atom stereocenters. The first-order valence-corrected chi connectivity index (χ1v) is 8.85. The molecular formula is C19H16F2N2O3S. The van der Waals surface area contributed by atoms with Crippen LogP contribution in [0.2, 0.25) is 0 Å². The highest BCUT2D eigenvalue weighted by atomic mass is 32.1. The number of methoxy groups -OCH3 is 1. The van der Waals surface area contributed by atoms with Crippen LogP contribution in [0, 0.1) is 0 Å². The Bertz CT molecular complexity index is 913. The van der Waals surface area contributed by atoms with Gasteiger partial charge in [0.15, 0.2) is 0 Å². The van der Waals surface area contributed by atoms with Crippen LogP contribution in [0.1, 0.15) is 16.1 Å². The van der Waals surface area contributed by atoms with Gasteiger partial charge in [0.25, 0.3) is 5.91 Å². The van der Waals surface area contributed by atoms with Crippen LogP contribution in [0.5, 0.6) is 11.5 Å². The normalized spacial score (nSPS) is 10.7. The molecule has 140 valence electrons. The van der Waals surface area contributed by atoms with Crippen LogP contribution in [0.25, 0.3) is 10.6 Å². The second-order valence-electron chi connectivity index (χ2n) is 5.44. The molecule has 3 aromatic rings. The molecule has 0 aliphatic carbocycles. The molecular weight excluding hydrogens is 374 g/mol. The number of ether oxygens (including phenoxy) is 2. The van der Waals surface area contributed by atoms with E-state index in [9.17, 15) is 13.6 Å². The first-order chi connectivity index (χ1) is 13.1. The van der Waals surface area contributed by atoms with E-state index in [1.165, 1.54) is 17.4 Å². The highest BCUT2D eigenvalue weighted by Crippen LogP contribution is 2.26. The number of thiazole rings is 1. The Labute approximate surface area is 158 Å². The summed E-state index contributed by atoms with van der Waals surface area (Å²) in [6.45, 7) is -2.87. The van der Waals surface area contributed by atoms with Gasteiger partial charge in [0.1, 0.15) is 22.2 Å². The first-order valence-electron chi connectivity index (χ1n) is 7.97. The molecule has 8 heteroatoms. The molecule has 0 atom stereocenters. The van der Waals surface area contributed by atoms with Gasteiger partial charge in [-0.1, -0.05) is 18.2 Å². The van der Waals surface area contributed by atoms with Crippen LogP contribution in [-0.2, 0) is 6.54 Å². The number of nitrogens with zero attached hydrogens (tertiary/aromatic N) is 1. The van der Waals surface area contributed by atoms with Gasteiger partial charge in [0.2, 0.25) is 0 Å². The number of alkyl halides is 2.